The Balaban J connectivity index is 0.00000220. The van der Waals surface area contributed by atoms with Gasteiger partial charge in [0, 0.05) is 5.69 Å². The molecular weight excluding hydrogens is 290 g/mol. The van der Waals surface area contributed by atoms with Gasteiger partial charge in [-0.15, -0.1) is 0 Å². The number of benzene rings is 2. The zero-order valence-electron chi connectivity index (χ0n) is 10.7. The van der Waals surface area contributed by atoms with Crippen molar-refractivity contribution < 1.29 is 18.3 Å². The first-order chi connectivity index (χ1) is 9.38. The van der Waals surface area contributed by atoms with Crippen LogP contribution in [0.3, 0.4) is 0 Å². The lowest BCUT2D eigenvalue weighted by atomic mass is 10.2. The minimum absolute atomic E-state index is 0. The number of rotatable bonds is 4. The normalized spacial score (nSPS) is 10.5. The third-order valence-corrected chi connectivity index (χ3v) is 4.11. The van der Waals surface area contributed by atoms with E-state index >= 15 is 0 Å². The fourth-order valence-corrected chi connectivity index (χ4v) is 2.67. The maximum atomic E-state index is 12.1. The summed E-state index contributed by atoms with van der Waals surface area (Å²) in [7, 11) is -3.66. The number of sulfonamides is 1. The molecule has 5 nitrogen and oxygen atoms in total. The SMILES string of the molecule is C.Cc1ccc(S(=O)(=O)Nc2ccc(C(=O)O)cc2)cc1. The largest absolute Gasteiger partial charge is 0.478 e. The van der Waals surface area contributed by atoms with E-state index in [1.165, 1.54) is 36.4 Å². The van der Waals surface area contributed by atoms with Crippen molar-refractivity contribution in [3.63, 3.8) is 0 Å². The second-order valence-electron chi connectivity index (χ2n) is 4.30. The van der Waals surface area contributed by atoms with Gasteiger partial charge in [-0.05, 0) is 43.3 Å². The van der Waals surface area contributed by atoms with Crippen molar-refractivity contribution >= 4 is 21.7 Å². The Morgan fingerprint density at radius 1 is 1.00 bits per heavy atom. The predicted octanol–water partition coefficient (Wildman–Crippen LogP) is 3.13. The van der Waals surface area contributed by atoms with Crippen molar-refractivity contribution in [1.82, 2.24) is 0 Å². The molecule has 0 spiro atoms. The van der Waals surface area contributed by atoms with Crippen LogP contribution in [-0.4, -0.2) is 19.5 Å². The quantitative estimate of drug-likeness (QED) is 0.909. The van der Waals surface area contributed by atoms with Gasteiger partial charge in [0.05, 0.1) is 10.5 Å². The Labute approximate surface area is 124 Å². The fraction of sp³-hybridized carbons (Fsp3) is 0.133. The molecular formula is C15H17NO4S. The van der Waals surface area contributed by atoms with Crippen LogP contribution in [0, 0.1) is 6.92 Å². The average Bonchev–Trinajstić information content (AvgIpc) is 2.39. The standard InChI is InChI=1S/C14H13NO4S.CH4/c1-10-2-8-13(9-3-10)20(18,19)15-12-6-4-11(5-7-12)14(16)17;/h2-9,15H,1H3,(H,16,17);1H4. The smallest absolute Gasteiger partial charge is 0.335 e. The molecule has 0 aromatic heterocycles. The number of aryl methyl sites for hydroxylation is 1. The first-order valence-electron chi connectivity index (χ1n) is 5.81. The number of hydrogen-bond donors (Lipinski definition) is 2. The van der Waals surface area contributed by atoms with E-state index in [-0.39, 0.29) is 17.9 Å². The van der Waals surface area contributed by atoms with Crippen LogP contribution < -0.4 is 4.72 Å². The van der Waals surface area contributed by atoms with Crippen LogP contribution in [0.2, 0.25) is 0 Å². The monoisotopic (exact) mass is 307 g/mol. The highest BCUT2D eigenvalue weighted by Crippen LogP contribution is 2.17. The molecule has 6 heteroatoms. The molecule has 2 rings (SSSR count). The van der Waals surface area contributed by atoms with Gasteiger partial charge in [0.1, 0.15) is 0 Å². The van der Waals surface area contributed by atoms with Crippen LogP contribution in [0.4, 0.5) is 5.69 Å². The third-order valence-electron chi connectivity index (χ3n) is 2.72. The highest BCUT2D eigenvalue weighted by Gasteiger charge is 2.14. The van der Waals surface area contributed by atoms with Gasteiger partial charge in [0.2, 0.25) is 0 Å². The molecule has 0 radical (unpaired) electrons. The lowest BCUT2D eigenvalue weighted by Crippen LogP contribution is -2.13. The van der Waals surface area contributed by atoms with Gasteiger partial charge < -0.3 is 5.11 Å². The van der Waals surface area contributed by atoms with Gasteiger partial charge in [-0.2, -0.15) is 0 Å². The zero-order chi connectivity index (χ0) is 14.8. The van der Waals surface area contributed by atoms with Crippen LogP contribution in [0.1, 0.15) is 23.3 Å². The second kappa shape index (κ2) is 6.41. The Kier molecular flexibility index (Phi) is 5.10. The summed E-state index contributed by atoms with van der Waals surface area (Å²) in [5, 5.41) is 8.77. The molecule has 0 saturated carbocycles. The summed E-state index contributed by atoms with van der Waals surface area (Å²) in [5.41, 5.74) is 1.38. The third kappa shape index (κ3) is 4.06. The van der Waals surface area contributed by atoms with Crippen LogP contribution in [-0.2, 0) is 10.0 Å². The first kappa shape index (κ1) is 16.7. The van der Waals surface area contributed by atoms with Crippen molar-refractivity contribution in [2.45, 2.75) is 19.2 Å². The van der Waals surface area contributed by atoms with Gasteiger partial charge in [0.25, 0.3) is 10.0 Å². The Hall–Kier alpha value is -2.34. The molecule has 2 N–H and O–H groups in total. The molecule has 0 aliphatic rings. The molecule has 0 atom stereocenters. The fourth-order valence-electron chi connectivity index (χ4n) is 1.61. The highest BCUT2D eigenvalue weighted by molar-refractivity contribution is 7.92. The number of aromatic carboxylic acids is 1. The van der Waals surface area contributed by atoms with E-state index in [9.17, 15) is 13.2 Å². The molecule has 0 saturated heterocycles. The van der Waals surface area contributed by atoms with Gasteiger partial charge in [-0.3, -0.25) is 4.72 Å². The van der Waals surface area contributed by atoms with E-state index in [1.807, 2.05) is 6.92 Å². The molecule has 0 amide bonds. The minimum Gasteiger partial charge on any atom is -0.478 e. The van der Waals surface area contributed by atoms with Crippen molar-refractivity contribution in [1.29, 1.82) is 0 Å². The van der Waals surface area contributed by atoms with Crippen molar-refractivity contribution in [2.24, 2.45) is 0 Å². The number of hydrogen-bond acceptors (Lipinski definition) is 3. The number of carboxylic acids is 1. The molecule has 21 heavy (non-hydrogen) atoms. The van der Waals surface area contributed by atoms with Crippen molar-refractivity contribution in [2.75, 3.05) is 4.72 Å². The molecule has 0 heterocycles. The van der Waals surface area contributed by atoms with Crippen LogP contribution in [0.25, 0.3) is 0 Å². The summed E-state index contributed by atoms with van der Waals surface area (Å²) in [5.74, 6) is -1.06. The number of carbonyl (C=O) groups is 1. The van der Waals surface area contributed by atoms with Crippen LogP contribution >= 0.6 is 0 Å². The summed E-state index contributed by atoms with van der Waals surface area (Å²) >= 11 is 0. The van der Waals surface area contributed by atoms with Gasteiger partial charge in [-0.1, -0.05) is 25.1 Å². The Morgan fingerprint density at radius 3 is 2.00 bits per heavy atom. The molecule has 2 aromatic carbocycles. The summed E-state index contributed by atoms with van der Waals surface area (Å²) in [6.07, 6.45) is 0. The predicted molar refractivity (Wildman–Crippen MR) is 82.1 cm³/mol. The van der Waals surface area contributed by atoms with E-state index in [0.717, 1.165) is 5.56 Å². The van der Waals surface area contributed by atoms with Gasteiger partial charge in [0.15, 0.2) is 0 Å². The highest BCUT2D eigenvalue weighted by atomic mass is 32.2. The van der Waals surface area contributed by atoms with E-state index in [0.29, 0.717) is 5.69 Å². The average molecular weight is 307 g/mol. The van der Waals surface area contributed by atoms with Crippen molar-refractivity contribution in [3.8, 4) is 0 Å². The summed E-state index contributed by atoms with van der Waals surface area (Å²) < 4.78 is 26.6. The number of nitrogens with one attached hydrogen (secondary N) is 1. The van der Waals surface area contributed by atoms with Gasteiger partial charge >= 0.3 is 5.97 Å². The number of anilines is 1. The summed E-state index contributed by atoms with van der Waals surface area (Å²) in [4.78, 5) is 10.9. The topological polar surface area (TPSA) is 83.5 Å². The lowest BCUT2D eigenvalue weighted by molar-refractivity contribution is 0.0697. The van der Waals surface area contributed by atoms with Crippen molar-refractivity contribution in [3.05, 3.63) is 59.7 Å². The molecule has 112 valence electrons. The molecule has 2 aromatic rings. The molecule has 0 aliphatic carbocycles. The summed E-state index contributed by atoms with van der Waals surface area (Å²) in [6.45, 7) is 1.87. The number of carboxylic acid groups (broad SMARTS) is 1. The van der Waals surface area contributed by atoms with E-state index in [4.69, 9.17) is 5.11 Å². The minimum atomic E-state index is -3.66. The lowest BCUT2D eigenvalue weighted by Gasteiger charge is -2.08. The zero-order valence-corrected chi connectivity index (χ0v) is 11.5. The Morgan fingerprint density at radius 2 is 1.52 bits per heavy atom. The molecule has 0 bridgehead atoms. The summed E-state index contributed by atoms with van der Waals surface area (Å²) in [6, 6.07) is 12.0. The van der Waals surface area contributed by atoms with Gasteiger partial charge in [-0.25, -0.2) is 13.2 Å². The Bertz CT molecular complexity index is 719. The molecule has 0 aliphatic heterocycles. The maximum absolute atomic E-state index is 12.1. The van der Waals surface area contributed by atoms with E-state index < -0.39 is 16.0 Å². The van der Waals surface area contributed by atoms with Crippen LogP contribution in [0.5, 0.6) is 0 Å². The maximum Gasteiger partial charge on any atom is 0.335 e. The van der Waals surface area contributed by atoms with E-state index in [2.05, 4.69) is 4.72 Å². The van der Waals surface area contributed by atoms with Crippen LogP contribution in [0.15, 0.2) is 53.4 Å². The first-order valence-corrected chi connectivity index (χ1v) is 7.30. The van der Waals surface area contributed by atoms with E-state index in [1.54, 1.807) is 12.1 Å². The molecule has 0 unspecified atom stereocenters. The second-order valence-corrected chi connectivity index (χ2v) is 5.98. The molecule has 0 fully saturated rings.